The van der Waals surface area contributed by atoms with Crippen molar-refractivity contribution in [3.8, 4) is 0 Å². The minimum absolute atomic E-state index is 0.159. The molecule has 0 saturated heterocycles. The molecule has 3 aromatic carbocycles. The zero-order valence-electron chi connectivity index (χ0n) is 16.4. The highest BCUT2D eigenvalue weighted by atomic mass is 32.1. The standard InChI is InChI=1S/C24H23N3O2S/c28-22(15-14-18-8-3-1-4-9-18)27-24(30)26-21-13-7-12-20(16-21)23(29)25-17-19-10-5-2-6-11-19/h1-13,16H,14-15,17H2,(H,25,29)(H2,26,27,28,30). The van der Waals surface area contributed by atoms with Crippen LogP contribution in [0.4, 0.5) is 5.69 Å². The number of amides is 2. The molecule has 0 heterocycles. The van der Waals surface area contributed by atoms with E-state index in [1.807, 2.05) is 60.7 Å². The minimum Gasteiger partial charge on any atom is -0.348 e. The van der Waals surface area contributed by atoms with Gasteiger partial charge in [0, 0.05) is 24.2 Å². The molecule has 0 radical (unpaired) electrons. The average molecular weight is 418 g/mol. The van der Waals surface area contributed by atoms with Gasteiger partial charge in [0.25, 0.3) is 5.91 Å². The van der Waals surface area contributed by atoms with E-state index in [1.54, 1.807) is 24.3 Å². The zero-order chi connectivity index (χ0) is 21.2. The van der Waals surface area contributed by atoms with E-state index in [0.29, 0.717) is 30.6 Å². The van der Waals surface area contributed by atoms with Crippen molar-refractivity contribution in [2.75, 3.05) is 5.32 Å². The quantitative estimate of drug-likeness (QED) is 0.507. The number of benzene rings is 3. The van der Waals surface area contributed by atoms with Gasteiger partial charge in [-0.1, -0.05) is 66.7 Å². The highest BCUT2D eigenvalue weighted by Crippen LogP contribution is 2.11. The third kappa shape index (κ3) is 6.83. The topological polar surface area (TPSA) is 70.2 Å². The van der Waals surface area contributed by atoms with E-state index in [0.717, 1.165) is 11.1 Å². The number of hydrogen-bond donors (Lipinski definition) is 3. The zero-order valence-corrected chi connectivity index (χ0v) is 17.2. The Bertz CT molecular complexity index is 1010. The normalized spacial score (nSPS) is 10.1. The van der Waals surface area contributed by atoms with Gasteiger partial charge in [0.05, 0.1) is 0 Å². The smallest absolute Gasteiger partial charge is 0.251 e. The second kappa shape index (κ2) is 10.9. The highest BCUT2D eigenvalue weighted by molar-refractivity contribution is 7.80. The molecule has 152 valence electrons. The number of carbonyl (C=O) groups is 2. The van der Waals surface area contributed by atoms with Gasteiger partial charge in [-0.25, -0.2) is 0 Å². The largest absolute Gasteiger partial charge is 0.348 e. The number of hydrogen-bond acceptors (Lipinski definition) is 3. The summed E-state index contributed by atoms with van der Waals surface area (Å²) in [7, 11) is 0. The lowest BCUT2D eigenvalue weighted by atomic mass is 10.1. The number of carbonyl (C=O) groups excluding carboxylic acids is 2. The first-order chi connectivity index (χ1) is 14.6. The molecule has 5 nitrogen and oxygen atoms in total. The molecule has 0 aliphatic heterocycles. The van der Waals surface area contributed by atoms with E-state index in [2.05, 4.69) is 16.0 Å². The first kappa shape index (κ1) is 21.2. The number of nitrogens with one attached hydrogen (secondary N) is 3. The van der Waals surface area contributed by atoms with Gasteiger partial charge >= 0.3 is 0 Å². The van der Waals surface area contributed by atoms with Crippen LogP contribution in [0, 0.1) is 0 Å². The van der Waals surface area contributed by atoms with Crippen LogP contribution in [0.25, 0.3) is 0 Å². The monoisotopic (exact) mass is 417 g/mol. The summed E-state index contributed by atoms with van der Waals surface area (Å²) < 4.78 is 0. The van der Waals surface area contributed by atoms with Crippen molar-refractivity contribution in [3.63, 3.8) is 0 Å². The van der Waals surface area contributed by atoms with Crippen molar-refractivity contribution in [1.29, 1.82) is 0 Å². The first-order valence-corrected chi connectivity index (χ1v) is 10.1. The SMILES string of the molecule is O=C(CCc1ccccc1)NC(=S)Nc1cccc(C(=O)NCc2ccccc2)c1. The maximum atomic E-state index is 12.4. The Balaban J connectivity index is 1.48. The maximum absolute atomic E-state index is 12.4. The fourth-order valence-corrected chi connectivity index (χ4v) is 3.10. The number of anilines is 1. The lowest BCUT2D eigenvalue weighted by molar-refractivity contribution is -0.119. The summed E-state index contributed by atoms with van der Waals surface area (Å²) in [6.07, 6.45) is 0.986. The summed E-state index contributed by atoms with van der Waals surface area (Å²) in [5.41, 5.74) is 3.27. The molecule has 0 unspecified atom stereocenters. The number of rotatable bonds is 7. The minimum atomic E-state index is -0.180. The van der Waals surface area contributed by atoms with Gasteiger partial charge in [-0.15, -0.1) is 0 Å². The molecule has 30 heavy (non-hydrogen) atoms. The molecule has 3 rings (SSSR count). The van der Waals surface area contributed by atoms with Gasteiger partial charge in [-0.2, -0.15) is 0 Å². The predicted octanol–water partition coefficient (Wildman–Crippen LogP) is 4.06. The van der Waals surface area contributed by atoms with E-state index >= 15 is 0 Å². The summed E-state index contributed by atoms with van der Waals surface area (Å²) >= 11 is 5.22. The summed E-state index contributed by atoms with van der Waals surface area (Å²) in [6, 6.07) is 26.5. The predicted molar refractivity (Wildman–Crippen MR) is 123 cm³/mol. The Morgan fingerprint density at radius 3 is 2.17 bits per heavy atom. The molecule has 3 aromatic rings. The fraction of sp³-hybridized carbons (Fsp3) is 0.125. The molecule has 0 aliphatic carbocycles. The van der Waals surface area contributed by atoms with E-state index in [-0.39, 0.29) is 16.9 Å². The molecule has 0 aromatic heterocycles. The highest BCUT2D eigenvalue weighted by Gasteiger charge is 2.09. The third-order valence-electron chi connectivity index (χ3n) is 4.42. The van der Waals surface area contributed by atoms with Crippen LogP contribution in [0.2, 0.25) is 0 Å². The van der Waals surface area contributed by atoms with Crippen molar-refractivity contribution in [3.05, 3.63) is 102 Å². The lowest BCUT2D eigenvalue weighted by Crippen LogP contribution is -2.34. The molecule has 0 aliphatic rings. The van der Waals surface area contributed by atoms with Crippen LogP contribution in [0.1, 0.15) is 27.9 Å². The van der Waals surface area contributed by atoms with Gasteiger partial charge in [0.2, 0.25) is 5.91 Å². The second-order valence-electron chi connectivity index (χ2n) is 6.74. The van der Waals surface area contributed by atoms with Gasteiger partial charge in [0.1, 0.15) is 0 Å². The fourth-order valence-electron chi connectivity index (χ4n) is 2.87. The van der Waals surface area contributed by atoms with Crippen LogP contribution in [0.15, 0.2) is 84.9 Å². The molecule has 6 heteroatoms. The summed E-state index contributed by atoms with van der Waals surface area (Å²) in [5.74, 6) is -0.339. The number of aryl methyl sites for hydroxylation is 1. The van der Waals surface area contributed by atoms with Crippen LogP contribution in [0.5, 0.6) is 0 Å². The Labute approximate surface area is 181 Å². The molecule has 0 bridgehead atoms. The first-order valence-electron chi connectivity index (χ1n) is 9.67. The van der Waals surface area contributed by atoms with E-state index in [9.17, 15) is 9.59 Å². The van der Waals surface area contributed by atoms with Crippen molar-refractivity contribution in [2.45, 2.75) is 19.4 Å². The molecule has 3 N–H and O–H groups in total. The third-order valence-corrected chi connectivity index (χ3v) is 4.62. The van der Waals surface area contributed by atoms with Crippen LogP contribution in [0.3, 0.4) is 0 Å². The van der Waals surface area contributed by atoms with E-state index < -0.39 is 0 Å². The van der Waals surface area contributed by atoms with Gasteiger partial charge in [-0.05, 0) is 48.0 Å². The Hall–Kier alpha value is -3.51. The Kier molecular flexibility index (Phi) is 7.69. The maximum Gasteiger partial charge on any atom is 0.251 e. The van der Waals surface area contributed by atoms with E-state index in [1.165, 1.54) is 0 Å². The summed E-state index contributed by atoms with van der Waals surface area (Å²) in [5, 5.41) is 8.73. The molecule has 0 atom stereocenters. The van der Waals surface area contributed by atoms with Crippen molar-refractivity contribution < 1.29 is 9.59 Å². The molecule has 0 fully saturated rings. The van der Waals surface area contributed by atoms with Gasteiger partial charge in [-0.3, -0.25) is 9.59 Å². The summed E-state index contributed by atoms with van der Waals surface area (Å²) in [6.45, 7) is 0.452. The number of thiocarbonyl (C=S) groups is 1. The summed E-state index contributed by atoms with van der Waals surface area (Å²) in [4.78, 5) is 24.5. The van der Waals surface area contributed by atoms with Crippen molar-refractivity contribution >= 4 is 34.8 Å². The molecule has 2 amide bonds. The molecule has 0 spiro atoms. The van der Waals surface area contributed by atoms with Crippen LogP contribution < -0.4 is 16.0 Å². The van der Waals surface area contributed by atoms with Crippen molar-refractivity contribution in [2.24, 2.45) is 0 Å². The van der Waals surface area contributed by atoms with Crippen LogP contribution >= 0.6 is 12.2 Å². The Morgan fingerprint density at radius 2 is 1.47 bits per heavy atom. The Morgan fingerprint density at radius 1 is 0.800 bits per heavy atom. The molecular formula is C24H23N3O2S. The lowest BCUT2D eigenvalue weighted by Gasteiger charge is -2.11. The van der Waals surface area contributed by atoms with Gasteiger partial charge < -0.3 is 16.0 Å². The van der Waals surface area contributed by atoms with Gasteiger partial charge in [0.15, 0.2) is 5.11 Å². The molecular weight excluding hydrogens is 394 g/mol. The molecule has 0 saturated carbocycles. The van der Waals surface area contributed by atoms with E-state index in [4.69, 9.17) is 12.2 Å². The van der Waals surface area contributed by atoms with Crippen molar-refractivity contribution in [1.82, 2.24) is 10.6 Å². The second-order valence-corrected chi connectivity index (χ2v) is 7.15. The average Bonchev–Trinajstić information content (AvgIpc) is 2.77. The van der Waals surface area contributed by atoms with Crippen LogP contribution in [-0.2, 0) is 17.8 Å². The van der Waals surface area contributed by atoms with Crippen LogP contribution in [-0.4, -0.2) is 16.9 Å².